The first kappa shape index (κ1) is 29.7. The summed E-state index contributed by atoms with van der Waals surface area (Å²) in [7, 11) is 0. The second kappa shape index (κ2) is 12.5. The third-order valence-corrected chi connectivity index (χ3v) is 7.98. The predicted octanol–water partition coefficient (Wildman–Crippen LogP) is 7.07. The van der Waals surface area contributed by atoms with Crippen molar-refractivity contribution in [1.29, 1.82) is 0 Å². The number of piperidine rings is 1. The van der Waals surface area contributed by atoms with Crippen LogP contribution < -0.4 is 5.32 Å². The van der Waals surface area contributed by atoms with Gasteiger partial charge < -0.3 is 24.4 Å². The molecule has 0 radical (unpaired) electrons. The van der Waals surface area contributed by atoms with E-state index >= 15 is 0 Å². The molecular weight excluding hydrogens is 588 g/mol. The number of hydrogen-bond acceptors (Lipinski definition) is 6. The minimum atomic E-state index is -0.580. The molecule has 3 heterocycles. The number of likely N-dealkylation sites (tertiary alicyclic amines) is 1. The number of nitrogens with one attached hydrogen (secondary N) is 1. The van der Waals surface area contributed by atoms with E-state index in [2.05, 4.69) is 26.3 Å². The van der Waals surface area contributed by atoms with Crippen LogP contribution in [-0.2, 0) is 14.2 Å². The van der Waals surface area contributed by atoms with Crippen LogP contribution in [-0.4, -0.2) is 64.3 Å². The fourth-order valence-corrected chi connectivity index (χ4v) is 5.98. The SMILES string of the molecule is CC1(NC(=O)OCC/C=C\c2c(Cl)cc3c(cnn3C3CCCCO3)c2Br)CCCN(C(=O)OC(C)(C)C)C1. The fraction of sp³-hybridized carbons (Fsp3) is 0.607. The second-order valence-corrected chi connectivity index (χ2v) is 12.6. The summed E-state index contributed by atoms with van der Waals surface area (Å²) in [4.78, 5) is 26.6. The molecule has 2 aliphatic rings. The first-order chi connectivity index (χ1) is 18.5. The Bertz CT molecular complexity index is 1220. The number of ether oxygens (including phenoxy) is 3. The van der Waals surface area contributed by atoms with Crippen molar-refractivity contribution in [2.24, 2.45) is 0 Å². The summed E-state index contributed by atoms with van der Waals surface area (Å²) >= 11 is 10.3. The van der Waals surface area contributed by atoms with Crippen LogP contribution in [0.4, 0.5) is 9.59 Å². The summed E-state index contributed by atoms with van der Waals surface area (Å²) in [5, 5.41) is 9.06. The molecular formula is C28H38BrClN4O5. The van der Waals surface area contributed by atoms with Crippen molar-refractivity contribution in [2.45, 2.75) is 83.6 Å². The summed E-state index contributed by atoms with van der Waals surface area (Å²) in [6, 6.07) is 1.92. The van der Waals surface area contributed by atoms with E-state index in [1.807, 2.05) is 56.8 Å². The molecule has 2 aromatic rings. The van der Waals surface area contributed by atoms with Gasteiger partial charge in [-0.2, -0.15) is 5.10 Å². The summed E-state index contributed by atoms with van der Waals surface area (Å²) in [6.07, 6.45) is 9.89. The maximum absolute atomic E-state index is 12.5. The van der Waals surface area contributed by atoms with Gasteiger partial charge in [0.1, 0.15) is 5.60 Å². The van der Waals surface area contributed by atoms with Crippen LogP contribution in [0, 0.1) is 0 Å². The normalized spacial score (nSPS) is 22.3. The van der Waals surface area contributed by atoms with Crippen molar-refractivity contribution < 1.29 is 23.8 Å². The second-order valence-electron chi connectivity index (χ2n) is 11.4. The monoisotopic (exact) mass is 624 g/mol. The van der Waals surface area contributed by atoms with Crippen molar-refractivity contribution in [3.8, 4) is 0 Å². The molecule has 2 atom stereocenters. The van der Waals surface area contributed by atoms with Crippen molar-refractivity contribution in [2.75, 3.05) is 26.3 Å². The minimum absolute atomic E-state index is 0.0693. The van der Waals surface area contributed by atoms with Gasteiger partial charge in [0.05, 0.1) is 28.9 Å². The summed E-state index contributed by atoms with van der Waals surface area (Å²) in [6.45, 7) is 9.36. The Morgan fingerprint density at radius 1 is 1.33 bits per heavy atom. The van der Waals surface area contributed by atoms with Gasteiger partial charge in [0, 0.05) is 35.1 Å². The molecule has 2 amide bonds. The molecule has 39 heavy (non-hydrogen) atoms. The van der Waals surface area contributed by atoms with E-state index in [1.54, 1.807) is 4.90 Å². The third-order valence-electron chi connectivity index (χ3n) is 6.81. The molecule has 1 aromatic carbocycles. The highest BCUT2D eigenvalue weighted by molar-refractivity contribution is 9.10. The van der Waals surface area contributed by atoms with Gasteiger partial charge in [0.25, 0.3) is 0 Å². The Morgan fingerprint density at radius 3 is 2.85 bits per heavy atom. The smallest absolute Gasteiger partial charge is 0.410 e. The Labute approximate surface area is 243 Å². The maximum atomic E-state index is 12.5. The number of alkyl carbamates (subject to hydrolysis) is 1. The lowest BCUT2D eigenvalue weighted by molar-refractivity contribution is -0.0366. The molecule has 2 aliphatic heterocycles. The van der Waals surface area contributed by atoms with E-state index in [-0.39, 0.29) is 18.9 Å². The Kier molecular flexibility index (Phi) is 9.49. The molecule has 11 heteroatoms. The van der Waals surface area contributed by atoms with Gasteiger partial charge in [-0.1, -0.05) is 23.8 Å². The number of hydrogen-bond donors (Lipinski definition) is 1. The van der Waals surface area contributed by atoms with Crippen molar-refractivity contribution in [3.05, 3.63) is 33.4 Å². The summed E-state index contributed by atoms with van der Waals surface area (Å²) in [5.74, 6) is 0. The number of amides is 2. The molecule has 214 valence electrons. The number of halogens is 2. The van der Waals surface area contributed by atoms with Gasteiger partial charge in [-0.25, -0.2) is 14.3 Å². The number of carbonyl (C=O) groups excluding carboxylic acids is 2. The molecule has 1 N–H and O–H groups in total. The highest BCUT2D eigenvalue weighted by Gasteiger charge is 2.36. The standard InChI is InChI=1S/C28H38BrClN4O5/c1-27(2,3)39-26(36)33-13-9-12-28(4,18-33)32-25(35)38-15-7-5-10-19-21(30)16-22-20(24(19)29)17-31-34(22)23-11-6-8-14-37-23/h5,10,16-17,23H,6-9,11-15,18H2,1-4H3,(H,32,35)/b10-5-. The largest absolute Gasteiger partial charge is 0.449 e. The molecule has 1 aromatic heterocycles. The zero-order valence-corrected chi connectivity index (χ0v) is 25.4. The predicted molar refractivity (Wildman–Crippen MR) is 155 cm³/mol. The van der Waals surface area contributed by atoms with Gasteiger partial charge >= 0.3 is 12.2 Å². The first-order valence-corrected chi connectivity index (χ1v) is 14.7. The number of aromatic nitrogens is 2. The lowest BCUT2D eigenvalue weighted by Gasteiger charge is -2.40. The molecule has 9 nitrogen and oxygen atoms in total. The summed E-state index contributed by atoms with van der Waals surface area (Å²) in [5.41, 5.74) is 0.623. The number of fused-ring (bicyclic) bond motifs is 1. The lowest BCUT2D eigenvalue weighted by Crippen LogP contribution is -2.58. The quantitative estimate of drug-likeness (QED) is 0.345. The Hall–Kier alpha value is -2.30. The molecule has 2 fully saturated rings. The van der Waals surface area contributed by atoms with Crippen LogP contribution in [0.15, 0.2) is 22.8 Å². The zero-order valence-electron chi connectivity index (χ0n) is 23.1. The van der Waals surface area contributed by atoms with Crippen LogP contribution in [0.3, 0.4) is 0 Å². The van der Waals surface area contributed by atoms with E-state index in [0.29, 0.717) is 24.5 Å². The number of nitrogens with zero attached hydrogens (tertiary/aromatic N) is 3. The van der Waals surface area contributed by atoms with Crippen molar-refractivity contribution in [1.82, 2.24) is 20.0 Å². The molecule has 2 saturated heterocycles. The van der Waals surface area contributed by atoms with Crippen molar-refractivity contribution in [3.63, 3.8) is 0 Å². The summed E-state index contributed by atoms with van der Waals surface area (Å²) < 4.78 is 19.6. The highest BCUT2D eigenvalue weighted by Crippen LogP contribution is 2.36. The zero-order chi connectivity index (χ0) is 28.2. The highest BCUT2D eigenvalue weighted by atomic mass is 79.9. The number of benzene rings is 1. The third kappa shape index (κ3) is 7.67. The van der Waals surface area contributed by atoms with Crippen molar-refractivity contribution >= 4 is 56.7 Å². The van der Waals surface area contributed by atoms with Gasteiger partial charge in [-0.15, -0.1) is 0 Å². The van der Waals surface area contributed by atoms with Gasteiger partial charge in [-0.05, 0) is 88.2 Å². The molecule has 0 spiro atoms. The molecule has 0 saturated carbocycles. The van der Waals surface area contributed by atoms with Crippen LogP contribution in [0.25, 0.3) is 17.0 Å². The Morgan fingerprint density at radius 2 is 2.13 bits per heavy atom. The van der Waals surface area contributed by atoms with E-state index in [4.69, 9.17) is 25.8 Å². The van der Waals surface area contributed by atoms with E-state index < -0.39 is 17.2 Å². The van der Waals surface area contributed by atoms with Gasteiger partial charge in [0.15, 0.2) is 6.23 Å². The fourth-order valence-electron chi connectivity index (χ4n) is 4.96. The van der Waals surface area contributed by atoms with Crippen LogP contribution in [0.2, 0.25) is 5.02 Å². The lowest BCUT2D eigenvalue weighted by atomic mass is 9.91. The first-order valence-electron chi connectivity index (χ1n) is 13.5. The van der Waals surface area contributed by atoms with Crippen LogP contribution in [0.1, 0.15) is 78.0 Å². The molecule has 4 rings (SSSR count). The number of carbonyl (C=O) groups is 2. The molecule has 0 aliphatic carbocycles. The van der Waals surface area contributed by atoms with Crippen LogP contribution >= 0.6 is 27.5 Å². The average molecular weight is 626 g/mol. The molecule has 0 bridgehead atoms. The van der Waals surface area contributed by atoms with Crippen LogP contribution in [0.5, 0.6) is 0 Å². The molecule has 2 unspecified atom stereocenters. The Balaban J connectivity index is 1.29. The maximum Gasteiger partial charge on any atom is 0.410 e. The van der Waals surface area contributed by atoms with E-state index in [1.165, 1.54) is 0 Å². The topological polar surface area (TPSA) is 94.9 Å². The average Bonchev–Trinajstić information content (AvgIpc) is 3.28. The number of rotatable bonds is 6. The minimum Gasteiger partial charge on any atom is -0.449 e. The van der Waals surface area contributed by atoms with E-state index in [9.17, 15) is 9.59 Å². The van der Waals surface area contributed by atoms with Gasteiger partial charge in [-0.3, -0.25) is 0 Å². The van der Waals surface area contributed by atoms with Gasteiger partial charge in [0.2, 0.25) is 0 Å². The van der Waals surface area contributed by atoms with E-state index in [0.717, 1.165) is 59.7 Å².